The molecule has 0 fully saturated rings. The number of furan rings is 1. The maximum absolute atomic E-state index is 6.55. The molecule has 0 spiro atoms. The molecule has 0 bridgehead atoms. The van der Waals surface area contributed by atoms with E-state index in [1.807, 2.05) is 11.3 Å². The summed E-state index contributed by atoms with van der Waals surface area (Å²) in [5.41, 5.74) is 19.8. The van der Waals surface area contributed by atoms with E-state index < -0.39 is 0 Å². The van der Waals surface area contributed by atoms with Crippen molar-refractivity contribution in [2.75, 3.05) is 0 Å². The Kier molecular flexibility index (Phi) is 8.24. The van der Waals surface area contributed by atoms with Crippen molar-refractivity contribution in [2.24, 2.45) is 0 Å². The highest BCUT2D eigenvalue weighted by molar-refractivity contribution is 7.26. The maximum Gasteiger partial charge on any atom is 0.164 e. The van der Waals surface area contributed by atoms with Crippen LogP contribution in [0.2, 0.25) is 0 Å². The third-order valence-corrected chi connectivity index (χ3v) is 13.8. The molecule has 54 heavy (non-hydrogen) atoms. The zero-order chi connectivity index (χ0) is 37.7. The van der Waals surface area contributed by atoms with Gasteiger partial charge >= 0.3 is 0 Å². The van der Waals surface area contributed by atoms with Crippen molar-refractivity contribution in [1.82, 2.24) is 15.0 Å². The van der Waals surface area contributed by atoms with Crippen LogP contribution in [0, 0.1) is 0 Å². The highest BCUT2D eigenvalue weighted by Gasteiger charge is 2.23. The Balaban J connectivity index is 1.32. The first kappa shape index (κ1) is 34.7. The summed E-state index contributed by atoms with van der Waals surface area (Å²) in [5, 5.41) is 4.72. The van der Waals surface area contributed by atoms with Gasteiger partial charge in [-0.3, -0.25) is 0 Å². The van der Waals surface area contributed by atoms with E-state index in [1.165, 1.54) is 80.4 Å². The Bertz CT molecular complexity index is 2940. The zero-order valence-corrected chi connectivity index (χ0v) is 33.5. The number of fused-ring (bicyclic) bond motifs is 6. The van der Waals surface area contributed by atoms with Gasteiger partial charge in [-0.1, -0.05) is 70.4 Å². The van der Waals surface area contributed by atoms with E-state index in [2.05, 4.69) is 157 Å². The minimum atomic E-state index is 0.653. The summed E-state index contributed by atoms with van der Waals surface area (Å²) >= 11 is 1.85. The van der Waals surface area contributed by atoms with Crippen LogP contribution in [0.3, 0.4) is 0 Å². The predicted molar refractivity (Wildman–Crippen MR) is 264 cm³/mol. The number of thiophene rings is 1. The molecular formula is C39H33B10N3OS. The summed E-state index contributed by atoms with van der Waals surface area (Å²) in [4.78, 5) is 16.0. The molecule has 246 valence electrons. The third-order valence-electron chi connectivity index (χ3n) is 12.5. The normalized spacial score (nSPS) is 11.7. The van der Waals surface area contributed by atoms with E-state index in [-0.39, 0.29) is 0 Å². The first-order valence-corrected chi connectivity index (χ1v) is 19.5. The van der Waals surface area contributed by atoms with Crippen LogP contribution >= 0.6 is 11.3 Å². The standard InChI is InChI=1S/C39H33B10N3OS/c40-26-24(27(41)31(45)34(48)30(26)44)38-50-37(51-39(52-38)25-28(42)32(46)35(49)33(47)29(25)43)14-11-12-20-19(13-14)23-16(6-4-9-21(23)53-20)18-8-3-7-17-15-5-1-2-10-22(15)54-36(17)18/h1-13H,40-49H2. The average molecular weight is 700 g/mol. The minimum absolute atomic E-state index is 0.653. The van der Waals surface area contributed by atoms with E-state index in [9.17, 15) is 0 Å². The molecule has 0 aliphatic heterocycles. The van der Waals surface area contributed by atoms with E-state index in [1.54, 1.807) is 0 Å². The molecule has 6 aromatic carbocycles. The SMILES string of the molecule is Bc1c(B)c(B)c(-c2nc(-c3ccc4oc5cccc(-c6cccc7c6sc6ccccc67)c5c4c3)nc(-c3c(B)c(B)c(B)c(B)c3B)n2)c(B)c1B. The van der Waals surface area contributed by atoms with Crippen LogP contribution in [0.4, 0.5) is 0 Å². The van der Waals surface area contributed by atoms with Gasteiger partial charge in [-0.2, -0.15) is 0 Å². The highest BCUT2D eigenvalue weighted by Crippen LogP contribution is 2.44. The van der Waals surface area contributed by atoms with Crippen molar-refractivity contribution in [3.8, 4) is 45.3 Å². The van der Waals surface area contributed by atoms with Crippen molar-refractivity contribution >= 4 is 187 Å². The average Bonchev–Trinajstić information content (AvgIpc) is 3.76. The molecule has 15 heteroatoms. The van der Waals surface area contributed by atoms with Crippen LogP contribution in [0.15, 0.2) is 83.3 Å². The van der Waals surface area contributed by atoms with Crippen LogP contribution in [0.5, 0.6) is 0 Å². The number of nitrogens with zero attached hydrogens (tertiary/aromatic N) is 3. The topological polar surface area (TPSA) is 51.8 Å². The lowest BCUT2D eigenvalue weighted by molar-refractivity contribution is 0.669. The fourth-order valence-electron chi connectivity index (χ4n) is 8.55. The molecule has 0 atom stereocenters. The van der Waals surface area contributed by atoms with Gasteiger partial charge in [-0.25, -0.2) is 15.0 Å². The summed E-state index contributed by atoms with van der Waals surface area (Å²) in [6.07, 6.45) is 0. The maximum atomic E-state index is 6.55. The van der Waals surface area contributed by atoms with Crippen molar-refractivity contribution in [3.63, 3.8) is 0 Å². The molecule has 0 saturated heterocycles. The minimum Gasteiger partial charge on any atom is -0.456 e. The molecule has 0 unspecified atom stereocenters. The fraction of sp³-hybridized carbons (Fsp3) is 0. The monoisotopic (exact) mass is 701 g/mol. The Hall–Kier alpha value is -5.00. The molecular weight excluding hydrogens is 667 g/mol. The summed E-state index contributed by atoms with van der Waals surface area (Å²) < 4.78 is 9.13. The predicted octanol–water partition coefficient (Wildman–Crippen LogP) is -6.61. The number of aromatic nitrogens is 3. The summed E-state index contributed by atoms with van der Waals surface area (Å²) in [6.45, 7) is 0. The third kappa shape index (κ3) is 5.15. The Morgan fingerprint density at radius 2 is 0.944 bits per heavy atom. The summed E-state index contributed by atoms with van der Waals surface area (Å²) in [7, 11) is 22.1. The summed E-state index contributed by atoms with van der Waals surface area (Å²) in [6, 6.07) is 28.1. The first-order valence-electron chi connectivity index (χ1n) is 18.7. The number of rotatable bonds is 4. The lowest BCUT2D eigenvalue weighted by Crippen LogP contribution is -2.55. The lowest BCUT2D eigenvalue weighted by atomic mass is 9.60. The highest BCUT2D eigenvalue weighted by atomic mass is 32.1. The van der Waals surface area contributed by atoms with E-state index in [0.29, 0.717) is 17.5 Å². The quantitative estimate of drug-likeness (QED) is 0.172. The fourth-order valence-corrected chi connectivity index (χ4v) is 9.78. The van der Waals surface area contributed by atoms with Gasteiger partial charge in [-0.15, -0.1) is 44.1 Å². The van der Waals surface area contributed by atoms with Gasteiger partial charge < -0.3 is 4.42 Å². The van der Waals surface area contributed by atoms with Gasteiger partial charge in [-0.05, 0) is 35.9 Å². The van der Waals surface area contributed by atoms with Crippen LogP contribution in [0.25, 0.3) is 87.4 Å². The van der Waals surface area contributed by atoms with Gasteiger partial charge in [0.25, 0.3) is 0 Å². The number of hydrogen-bond acceptors (Lipinski definition) is 5. The number of benzene rings is 6. The summed E-state index contributed by atoms with van der Waals surface area (Å²) in [5.74, 6) is 2.07. The molecule has 0 aliphatic carbocycles. The second kappa shape index (κ2) is 12.8. The second-order valence-corrected chi connectivity index (χ2v) is 16.1. The zero-order valence-electron chi connectivity index (χ0n) is 32.7. The molecule has 9 aromatic rings. The van der Waals surface area contributed by atoms with E-state index >= 15 is 0 Å². The number of hydrogen-bond donors (Lipinski definition) is 0. The Morgan fingerprint density at radius 3 is 1.57 bits per heavy atom. The van der Waals surface area contributed by atoms with Crippen LogP contribution < -0.4 is 54.6 Å². The smallest absolute Gasteiger partial charge is 0.164 e. The van der Waals surface area contributed by atoms with Gasteiger partial charge in [0.15, 0.2) is 17.5 Å². The van der Waals surface area contributed by atoms with Crippen molar-refractivity contribution < 1.29 is 4.42 Å². The van der Waals surface area contributed by atoms with E-state index in [4.69, 9.17) is 19.4 Å². The molecule has 0 aliphatic rings. The Labute approximate surface area is 328 Å². The van der Waals surface area contributed by atoms with Gasteiger partial charge in [0.2, 0.25) is 0 Å². The second-order valence-electron chi connectivity index (χ2n) is 15.1. The van der Waals surface area contributed by atoms with E-state index in [0.717, 1.165) is 44.2 Å². The molecule has 0 N–H and O–H groups in total. The molecule has 0 saturated carbocycles. The van der Waals surface area contributed by atoms with Gasteiger partial charge in [0, 0.05) is 53.2 Å². The molecule has 0 radical (unpaired) electrons. The van der Waals surface area contributed by atoms with Crippen molar-refractivity contribution in [1.29, 1.82) is 0 Å². The Morgan fingerprint density at radius 1 is 0.426 bits per heavy atom. The molecule has 4 nitrogen and oxygen atoms in total. The van der Waals surface area contributed by atoms with Gasteiger partial charge in [0.05, 0.1) is 0 Å². The van der Waals surface area contributed by atoms with Crippen molar-refractivity contribution in [3.05, 3.63) is 78.9 Å². The van der Waals surface area contributed by atoms with Crippen molar-refractivity contribution in [2.45, 2.75) is 0 Å². The van der Waals surface area contributed by atoms with Crippen LogP contribution in [-0.4, -0.2) is 93.4 Å². The first-order chi connectivity index (χ1) is 25.9. The molecule has 9 rings (SSSR count). The van der Waals surface area contributed by atoms with Gasteiger partial charge in [0.1, 0.15) is 89.6 Å². The largest absolute Gasteiger partial charge is 0.456 e. The molecule has 3 aromatic heterocycles. The lowest BCUT2D eigenvalue weighted by Gasteiger charge is -2.22. The van der Waals surface area contributed by atoms with Crippen LogP contribution in [0.1, 0.15) is 0 Å². The molecule has 0 amide bonds. The molecule has 3 heterocycles. The van der Waals surface area contributed by atoms with Crippen LogP contribution in [-0.2, 0) is 0 Å².